The van der Waals surface area contributed by atoms with E-state index in [1.165, 1.54) is 24.7 Å². The Hall–Kier alpha value is 0.943. The summed E-state index contributed by atoms with van der Waals surface area (Å²) in [6.07, 6.45) is 6.08. The van der Waals surface area contributed by atoms with Crippen molar-refractivity contribution in [2.45, 2.75) is 6.92 Å². The first-order chi connectivity index (χ1) is 2.91. The summed E-state index contributed by atoms with van der Waals surface area (Å²) in [5.74, 6) is 0. The van der Waals surface area contributed by atoms with Crippen molar-refractivity contribution >= 4 is 0 Å². The molecule has 0 aromatic carbocycles. The van der Waals surface area contributed by atoms with Gasteiger partial charge in [0.05, 0.1) is 0 Å². The van der Waals surface area contributed by atoms with Crippen LogP contribution in [0.3, 0.4) is 0 Å². The van der Waals surface area contributed by atoms with Crippen LogP contribution >= 0.6 is 0 Å². The molecule has 0 atom stereocenters. The van der Waals surface area contributed by atoms with Crippen LogP contribution in [-0.2, 0) is 24.7 Å². The van der Waals surface area contributed by atoms with E-state index in [9.17, 15) is 0 Å². The zero-order chi connectivity index (χ0) is 4.83. The van der Waals surface area contributed by atoms with Crippen LogP contribution in [0.1, 0.15) is 6.92 Å². The van der Waals surface area contributed by atoms with Crippen LogP contribution in [-0.4, -0.2) is 0 Å². The van der Waals surface area contributed by atoms with Crippen molar-refractivity contribution in [1.29, 1.82) is 0 Å². The third-order valence-electron chi connectivity index (χ3n) is 0.400. The first kappa shape index (κ1) is 16.0. The van der Waals surface area contributed by atoms with Gasteiger partial charge in [-0.05, 0) is 0 Å². The van der Waals surface area contributed by atoms with E-state index in [4.69, 9.17) is 0 Å². The Morgan fingerprint density at radius 2 is 1.62 bits per heavy atom. The van der Waals surface area contributed by atoms with Crippen molar-refractivity contribution in [1.82, 2.24) is 0 Å². The van der Waals surface area contributed by atoms with Crippen LogP contribution in [0.15, 0.2) is 22.0 Å². The second kappa shape index (κ2) is 15.7. The molecule has 0 rings (SSSR count). The van der Waals surface area contributed by atoms with Gasteiger partial charge in [-0.1, -0.05) is 0 Å². The maximum absolute atomic E-state index is 2.09. The maximum Gasteiger partial charge on any atom is -1.00 e. The molecule has 0 aromatic rings. The topological polar surface area (TPSA) is 0 Å². The fourth-order valence-electron chi connectivity index (χ4n) is 0.167. The van der Waals surface area contributed by atoms with Crippen molar-refractivity contribution in [3.63, 3.8) is 0 Å². The molecule has 0 nitrogen and oxygen atoms in total. The van der Waals surface area contributed by atoms with Gasteiger partial charge in [-0.3, -0.25) is 0 Å². The minimum Gasteiger partial charge on any atom is -1.00 e. The number of halogens is 2. The molecule has 0 bridgehead atoms. The van der Waals surface area contributed by atoms with Gasteiger partial charge in [0, 0.05) is 0 Å². The normalized spacial score (nSPS) is 8.88. The Bertz CT molecular complexity index is 58.8. The van der Waals surface area contributed by atoms with E-state index in [0.717, 1.165) is 0 Å². The predicted molar refractivity (Wildman–Crippen MR) is 24.0 cm³/mol. The molecule has 0 unspecified atom stereocenters. The van der Waals surface area contributed by atoms with Crippen LogP contribution in [0.25, 0.3) is 0 Å². The summed E-state index contributed by atoms with van der Waals surface area (Å²) in [5, 5.41) is 0. The zero-order valence-electron chi connectivity index (χ0n) is 4.57. The fraction of sp³-hybridized carbons (Fsp3) is 0.200. The smallest absolute Gasteiger partial charge is 1.00 e. The summed E-state index contributed by atoms with van der Waals surface area (Å²) in [5.41, 5.74) is 0. The molecule has 0 aliphatic carbocycles. The van der Waals surface area contributed by atoms with Gasteiger partial charge in [0.15, 0.2) is 0 Å². The van der Waals surface area contributed by atoms with Gasteiger partial charge in [-0.2, -0.15) is 0 Å². The molecule has 0 aliphatic rings. The number of allylic oxidation sites excluding steroid dienone is 3. The molecule has 3 heteroatoms. The van der Waals surface area contributed by atoms with Gasteiger partial charge >= 0.3 is 53.7 Å². The van der Waals surface area contributed by atoms with Gasteiger partial charge in [0.2, 0.25) is 0 Å². The van der Waals surface area contributed by atoms with Crippen molar-refractivity contribution in [2.24, 2.45) is 0 Å². The van der Waals surface area contributed by atoms with Gasteiger partial charge < -0.3 is 24.8 Å². The number of hydrogen-bond acceptors (Lipinski definition) is 0. The average Bonchev–Trinajstić information content (AvgIpc) is 1.61. The van der Waals surface area contributed by atoms with Gasteiger partial charge in [0.25, 0.3) is 0 Å². The summed E-state index contributed by atoms with van der Waals surface area (Å²) in [6.45, 7) is 2.01. The Balaban J connectivity index is -0.000000125. The van der Waals surface area contributed by atoms with Crippen molar-refractivity contribution in [2.75, 3.05) is 0 Å². The Labute approximate surface area is 78.1 Å². The summed E-state index contributed by atoms with van der Waals surface area (Å²) in [4.78, 5) is 0. The number of rotatable bonds is 1. The van der Waals surface area contributed by atoms with Crippen LogP contribution in [0.2, 0.25) is 0 Å². The van der Waals surface area contributed by atoms with E-state index >= 15 is 0 Å². The van der Waals surface area contributed by atoms with E-state index < -0.39 is 0 Å². The molecule has 0 aromatic heterocycles. The third kappa shape index (κ3) is 15.8. The average molecular weight is 229 g/mol. The van der Waals surface area contributed by atoms with E-state index in [1.807, 2.05) is 25.2 Å². The fourth-order valence-corrected chi connectivity index (χ4v) is 0.440. The largest absolute Gasteiger partial charge is 1.00 e. The zero-order valence-corrected chi connectivity index (χ0v) is 8.54. The molecule has 0 heterocycles. The van der Waals surface area contributed by atoms with Crippen molar-refractivity contribution in [3.05, 3.63) is 22.0 Å². The van der Waals surface area contributed by atoms with E-state index in [0.29, 0.717) is 0 Å². The minimum absolute atomic E-state index is 0. The second-order valence-electron chi connectivity index (χ2n) is 0.885. The first-order valence-corrected chi connectivity index (χ1v) is 3.29. The summed E-state index contributed by atoms with van der Waals surface area (Å²) in [7, 11) is 0. The molecule has 0 amide bonds. The van der Waals surface area contributed by atoms with Gasteiger partial charge in [-0.25, -0.2) is 0 Å². The van der Waals surface area contributed by atoms with E-state index in [1.54, 1.807) is 0 Å². The summed E-state index contributed by atoms with van der Waals surface area (Å²) < 4.78 is 2.09. The standard InChI is InChI=1S/C5H7.2ClH.Zr/c1-3-5-4-2;;;/h1,3-5H,2H3;2*1H;/q;;;+2/p-2. The summed E-state index contributed by atoms with van der Waals surface area (Å²) in [6, 6.07) is 0. The van der Waals surface area contributed by atoms with Gasteiger partial charge in [-0.15, -0.1) is 0 Å². The van der Waals surface area contributed by atoms with E-state index in [2.05, 4.69) is 3.78 Å². The molecular weight excluding hydrogens is 222 g/mol. The maximum atomic E-state index is 2.09. The van der Waals surface area contributed by atoms with Gasteiger partial charge in [0.1, 0.15) is 0 Å². The molecule has 0 saturated carbocycles. The molecule has 0 aliphatic heterocycles. The minimum atomic E-state index is 0. The van der Waals surface area contributed by atoms with Crippen molar-refractivity contribution < 1.29 is 49.5 Å². The molecule has 0 N–H and O–H groups in total. The van der Waals surface area contributed by atoms with Crippen LogP contribution in [0, 0.1) is 0 Å². The first-order valence-electron chi connectivity index (χ1n) is 1.87. The van der Waals surface area contributed by atoms with Crippen LogP contribution in [0.4, 0.5) is 0 Å². The van der Waals surface area contributed by atoms with Crippen LogP contribution < -0.4 is 24.8 Å². The molecule has 0 radical (unpaired) electrons. The SMILES string of the molecule is CC=CC=[CH][Zr+2].[Cl-].[Cl-]. The molecular formula is C5H7Cl2Zr. The Morgan fingerprint density at radius 3 is 1.75 bits per heavy atom. The predicted octanol–water partition coefficient (Wildman–Crippen LogP) is -4.37. The molecule has 0 fully saturated rings. The second-order valence-corrected chi connectivity index (χ2v) is 1.70. The molecule has 8 heavy (non-hydrogen) atoms. The third-order valence-corrected chi connectivity index (χ3v) is 0.873. The molecule has 0 saturated heterocycles. The quantitative estimate of drug-likeness (QED) is 0.399. The van der Waals surface area contributed by atoms with Crippen molar-refractivity contribution in [3.8, 4) is 0 Å². The Morgan fingerprint density at radius 1 is 1.12 bits per heavy atom. The van der Waals surface area contributed by atoms with Crippen LogP contribution in [0.5, 0.6) is 0 Å². The molecule has 0 spiro atoms. The Kier molecular flexibility index (Phi) is 31.3. The number of hydrogen-bond donors (Lipinski definition) is 0. The molecule has 45 valence electrons. The monoisotopic (exact) mass is 227 g/mol. The van der Waals surface area contributed by atoms with E-state index in [-0.39, 0.29) is 24.8 Å². The summed E-state index contributed by atoms with van der Waals surface area (Å²) >= 11 is 1.46.